The van der Waals surface area contributed by atoms with Crippen LogP contribution in [0.1, 0.15) is 38.2 Å². The van der Waals surface area contributed by atoms with E-state index in [-0.39, 0.29) is 0 Å². The van der Waals surface area contributed by atoms with E-state index in [9.17, 15) is 0 Å². The standard InChI is InChI=1S/C21H29NO/c1-17-7-6-14-22(16-17)13-4-3-8-18-9-5-10-19-15-20(23-2)11-12-21(18)19/h5,9-12,15,17H,3-4,6-8,13-14,16H2,1-2H3/t17-/m0/s1. The van der Waals surface area contributed by atoms with Crippen molar-refractivity contribution in [1.29, 1.82) is 0 Å². The number of methoxy groups -OCH3 is 1. The lowest BCUT2D eigenvalue weighted by Gasteiger charge is -2.30. The van der Waals surface area contributed by atoms with Crippen molar-refractivity contribution in [1.82, 2.24) is 4.90 Å². The Morgan fingerprint density at radius 1 is 1.17 bits per heavy atom. The molecule has 0 radical (unpaired) electrons. The van der Waals surface area contributed by atoms with Gasteiger partial charge in [0.25, 0.3) is 0 Å². The lowest BCUT2D eigenvalue weighted by molar-refractivity contribution is 0.181. The molecular formula is C21H29NO. The molecule has 23 heavy (non-hydrogen) atoms. The fourth-order valence-corrected chi connectivity index (χ4v) is 3.81. The molecule has 0 amide bonds. The van der Waals surface area contributed by atoms with Crippen LogP contribution >= 0.6 is 0 Å². The van der Waals surface area contributed by atoms with Crippen molar-refractivity contribution in [2.24, 2.45) is 5.92 Å². The number of rotatable bonds is 6. The van der Waals surface area contributed by atoms with Crippen molar-refractivity contribution < 1.29 is 4.74 Å². The van der Waals surface area contributed by atoms with Crippen LogP contribution < -0.4 is 4.74 Å². The normalized spacial score (nSPS) is 19.1. The monoisotopic (exact) mass is 311 g/mol. The first-order valence-electron chi connectivity index (χ1n) is 9.04. The molecule has 0 aliphatic carbocycles. The lowest BCUT2D eigenvalue weighted by atomic mass is 9.98. The van der Waals surface area contributed by atoms with Crippen molar-refractivity contribution in [3.8, 4) is 5.75 Å². The van der Waals surface area contributed by atoms with Gasteiger partial charge in [-0.25, -0.2) is 0 Å². The first kappa shape index (κ1) is 16.3. The van der Waals surface area contributed by atoms with Gasteiger partial charge in [-0.15, -0.1) is 0 Å². The molecule has 3 rings (SSSR count). The van der Waals surface area contributed by atoms with Crippen LogP contribution in [-0.4, -0.2) is 31.6 Å². The van der Waals surface area contributed by atoms with Gasteiger partial charge in [0.05, 0.1) is 7.11 Å². The lowest BCUT2D eigenvalue weighted by Crippen LogP contribution is -2.34. The second-order valence-corrected chi connectivity index (χ2v) is 7.01. The number of likely N-dealkylation sites (tertiary alicyclic amines) is 1. The highest BCUT2D eigenvalue weighted by Gasteiger charge is 2.15. The summed E-state index contributed by atoms with van der Waals surface area (Å²) in [7, 11) is 1.73. The number of aryl methyl sites for hydroxylation is 1. The van der Waals surface area contributed by atoms with Gasteiger partial charge in [-0.2, -0.15) is 0 Å². The molecule has 2 nitrogen and oxygen atoms in total. The quantitative estimate of drug-likeness (QED) is 0.703. The summed E-state index contributed by atoms with van der Waals surface area (Å²) < 4.78 is 5.33. The average Bonchev–Trinajstić information content (AvgIpc) is 2.58. The maximum atomic E-state index is 5.33. The Balaban J connectivity index is 1.55. The van der Waals surface area contributed by atoms with Crippen LogP contribution in [0.15, 0.2) is 36.4 Å². The van der Waals surface area contributed by atoms with Crippen LogP contribution in [0.2, 0.25) is 0 Å². The van der Waals surface area contributed by atoms with Crippen LogP contribution in [0, 0.1) is 5.92 Å². The Morgan fingerprint density at radius 2 is 2.09 bits per heavy atom. The maximum Gasteiger partial charge on any atom is 0.119 e. The molecule has 0 aromatic heterocycles. The van der Waals surface area contributed by atoms with E-state index in [1.807, 2.05) is 0 Å². The van der Waals surface area contributed by atoms with Crippen LogP contribution in [0.25, 0.3) is 10.8 Å². The summed E-state index contributed by atoms with van der Waals surface area (Å²) in [4.78, 5) is 2.65. The van der Waals surface area contributed by atoms with Crippen LogP contribution in [0.4, 0.5) is 0 Å². The zero-order chi connectivity index (χ0) is 16.1. The van der Waals surface area contributed by atoms with Gasteiger partial charge >= 0.3 is 0 Å². The molecule has 2 heteroatoms. The van der Waals surface area contributed by atoms with Crippen molar-refractivity contribution in [3.63, 3.8) is 0 Å². The van der Waals surface area contributed by atoms with E-state index < -0.39 is 0 Å². The van der Waals surface area contributed by atoms with E-state index in [4.69, 9.17) is 4.74 Å². The molecule has 1 fully saturated rings. The maximum absolute atomic E-state index is 5.33. The number of piperidine rings is 1. The SMILES string of the molecule is COc1ccc2c(CCCCN3CCC[C@H](C)C3)cccc2c1. The Morgan fingerprint density at radius 3 is 2.91 bits per heavy atom. The summed E-state index contributed by atoms with van der Waals surface area (Å²) >= 11 is 0. The molecular weight excluding hydrogens is 282 g/mol. The topological polar surface area (TPSA) is 12.5 Å². The number of hydrogen-bond acceptors (Lipinski definition) is 2. The number of unbranched alkanes of at least 4 members (excludes halogenated alkanes) is 1. The van der Waals surface area contributed by atoms with Gasteiger partial charge in [0.1, 0.15) is 5.75 Å². The van der Waals surface area contributed by atoms with E-state index in [1.54, 1.807) is 7.11 Å². The van der Waals surface area contributed by atoms with Crippen LogP contribution in [-0.2, 0) is 6.42 Å². The molecule has 1 saturated heterocycles. The second-order valence-electron chi connectivity index (χ2n) is 7.01. The molecule has 2 aromatic carbocycles. The number of fused-ring (bicyclic) bond motifs is 1. The van der Waals surface area contributed by atoms with E-state index in [2.05, 4.69) is 48.2 Å². The van der Waals surface area contributed by atoms with E-state index >= 15 is 0 Å². The summed E-state index contributed by atoms with van der Waals surface area (Å²) in [5, 5.41) is 2.66. The highest BCUT2D eigenvalue weighted by molar-refractivity contribution is 5.87. The van der Waals surface area contributed by atoms with Gasteiger partial charge in [-0.3, -0.25) is 0 Å². The van der Waals surface area contributed by atoms with Crippen LogP contribution in [0.3, 0.4) is 0 Å². The largest absolute Gasteiger partial charge is 0.497 e. The fraction of sp³-hybridized carbons (Fsp3) is 0.524. The van der Waals surface area contributed by atoms with Gasteiger partial charge in [0.15, 0.2) is 0 Å². The minimum absolute atomic E-state index is 0.886. The molecule has 1 aliphatic rings. The van der Waals surface area contributed by atoms with Crippen LogP contribution in [0.5, 0.6) is 5.75 Å². The Bertz CT molecular complexity index is 637. The third-order valence-electron chi connectivity index (χ3n) is 5.09. The molecule has 1 heterocycles. The summed E-state index contributed by atoms with van der Waals surface area (Å²) in [6.45, 7) is 6.26. The molecule has 1 atom stereocenters. The van der Waals surface area contributed by atoms with E-state index in [0.29, 0.717) is 0 Å². The number of nitrogens with zero attached hydrogens (tertiary/aromatic N) is 1. The molecule has 1 aliphatic heterocycles. The molecule has 0 N–H and O–H groups in total. The zero-order valence-corrected chi connectivity index (χ0v) is 14.6. The summed E-state index contributed by atoms with van der Waals surface area (Å²) in [6, 6.07) is 13.0. The molecule has 0 bridgehead atoms. The third kappa shape index (κ3) is 4.26. The highest BCUT2D eigenvalue weighted by atomic mass is 16.5. The Kier molecular flexibility index (Phi) is 5.56. The van der Waals surface area contributed by atoms with E-state index in [0.717, 1.165) is 11.7 Å². The van der Waals surface area contributed by atoms with Gasteiger partial charge in [-0.05, 0) is 79.6 Å². The van der Waals surface area contributed by atoms with Gasteiger partial charge in [-0.1, -0.05) is 31.2 Å². The Hall–Kier alpha value is -1.54. The van der Waals surface area contributed by atoms with Gasteiger partial charge < -0.3 is 9.64 Å². The number of ether oxygens (including phenoxy) is 1. The summed E-state index contributed by atoms with van der Waals surface area (Å²) in [5.41, 5.74) is 1.47. The van der Waals surface area contributed by atoms with Crippen molar-refractivity contribution in [3.05, 3.63) is 42.0 Å². The Labute approximate surface area is 140 Å². The first-order chi connectivity index (χ1) is 11.3. The average molecular weight is 311 g/mol. The number of hydrogen-bond donors (Lipinski definition) is 0. The minimum atomic E-state index is 0.886. The fourth-order valence-electron chi connectivity index (χ4n) is 3.81. The predicted octanol–water partition coefficient (Wildman–Crippen LogP) is 4.90. The molecule has 0 saturated carbocycles. The van der Waals surface area contributed by atoms with Gasteiger partial charge in [0.2, 0.25) is 0 Å². The smallest absolute Gasteiger partial charge is 0.119 e. The summed E-state index contributed by atoms with van der Waals surface area (Å²) in [5.74, 6) is 1.82. The third-order valence-corrected chi connectivity index (χ3v) is 5.09. The number of benzene rings is 2. The zero-order valence-electron chi connectivity index (χ0n) is 14.6. The summed E-state index contributed by atoms with van der Waals surface area (Å²) in [6.07, 6.45) is 6.55. The second kappa shape index (κ2) is 7.83. The molecule has 0 spiro atoms. The first-order valence-corrected chi connectivity index (χ1v) is 9.04. The van der Waals surface area contributed by atoms with Crippen molar-refractivity contribution >= 4 is 10.8 Å². The minimum Gasteiger partial charge on any atom is -0.497 e. The molecule has 0 unspecified atom stereocenters. The molecule has 2 aromatic rings. The highest BCUT2D eigenvalue weighted by Crippen LogP contribution is 2.25. The molecule has 124 valence electrons. The van der Waals surface area contributed by atoms with Gasteiger partial charge in [0, 0.05) is 6.54 Å². The van der Waals surface area contributed by atoms with Crippen molar-refractivity contribution in [2.75, 3.05) is 26.7 Å². The van der Waals surface area contributed by atoms with Crippen molar-refractivity contribution in [2.45, 2.75) is 39.0 Å². The predicted molar refractivity (Wildman–Crippen MR) is 98.3 cm³/mol. The van der Waals surface area contributed by atoms with E-state index in [1.165, 1.54) is 68.1 Å².